The number of hydrogen-bond donors (Lipinski definition) is 2. The van der Waals surface area contributed by atoms with E-state index < -0.39 is 17.6 Å². The second-order valence-corrected chi connectivity index (χ2v) is 3.37. The Kier molecular flexibility index (Phi) is 3.00. The Bertz CT molecular complexity index is 551. The molecule has 0 fully saturated rings. The summed E-state index contributed by atoms with van der Waals surface area (Å²) < 4.78 is 37.3. The van der Waals surface area contributed by atoms with Gasteiger partial charge in [-0.2, -0.15) is 23.3 Å². The predicted molar refractivity (Wildman–Crippen MR) is 55.8 cm³/mol. The molecule has 8 heteroatoms. The zero-order valence-electron chi connectivity index (χ0n) is 8.82. The van der Waals surface area contributed by atoms with Gasteiger partial charge in [0.05, 0.1) is 5.56 Å². The van der Waals surface area contributed by atoms with E-state index in [4.69, 9.17) is 0 Å². The summed E-state index contributed by atoms with van der Waals surface area (Å²) in [5.74, 6) is -0.629. The van der Waals surface area contributed by atoms with Crippen LogP contribution in [0.5, 0.6) is 0 Å². The van der Waals surface area contributed by atoms with Crippen LogP contribution in [0.3, 0.4) is 0 Å². The molecular formula is C10H7F3N4O. The minimum atomic E-state index is -4.48. The number of aromatic nitrogens is 3. The molecular weight excluding hydrogens is 249 g/mol. The fourth-order valence-electron chi connectivity index (χ4n) is 1.28. The fraction of sp³-hybridized carbons (Fsp3) is 0.100. The van der Waals surface area contributed by atoms with Crippen molar-refractivity contribution < 1.29 is 18.0 Å². The van der Waals surface area contributed by atoms with Gasteiger partial charge in [0, 0.05) is 5.56 Å². The monoisotopic (exact) mass is 256 g/mol. The zero-order chi connectivity index (χ0) is 13.2. The number of nitrogens with zero attached hydrogens (tertiary/aromatic N) is 2. The first-order valence-corrected chi connectivity index (χ1v) is 4.81. The van der Waals surface area contributed by atoms with Gasteiger partial charge in [0.15, 0.2) is 0 Å². The number of H-pyrrole nitrogens is 1. The first-order chi connectivity index (χ1) is 8.47. The van der Waals surface area contributed by atoms with Crippen molar-refractivity contribution in [3.63, 3.8) is 0 Å². The quantitative estimate of drug-likeness (QED) is 0.864. The minimum absolute atomic E-state index is 0.0670. The van der Waals surface area contributed by atoms with Crippen LogP contribution in [0.4, 0.5) is 19.1 Å². The third kappa shape index (κ3) is 2.65. The lowest BCUT2D eigenvalue weighted by atomic mass is 10.1. The predicted octanol–water partition coefficient (Wildman–Crippen LogP) is 2.08. The van der Waals surface area contributed by atoms with E-state index in [1.54, 1.807) is 0 Å². The molecule has 0 aliphatic carbocycles. The second-order valence-electron chi connectivity index (χ2n) is 3.37. The second kappa shape index (κ2) is 4.47. The van der Waals surface area contributed by atoms with Gasteiger partial charge in [0.25, 0.3) is 5.91 Å². The smallest absolute Gasteiger partial charge is 0.291 e. The van der Waals surface area contributed by atoms with Crippen LogP contribution in [-0.4, -0.2) is 21.1 Å². The van der Waals surface area contributed by atoms with Crippen molar-refractivity contribution in [1.29, 1.82) is 0 Å². The average Bonchev–Trinajstić information content (AvgIpc) is 2.81. The van der Waals surface area contributed by atoms with E-state index in [1.165, 1.54) is 12.4 Å². The highest BCUT2D eigenvalue weighted by Crippen LogP contribution is 2.29. The first kappa shape index (κ1) is 12.1. The molecule has 0 bridgehead atoms. The maximum atomic E-state index is 12.4. The van der Waals surface area contributed by atoms with E-state index in [0.717, 1.165) is 18.2 Å². The number of amides is 1. The van der Waals surface area contributed by atoms with E-state index in [9.17, 15) is 18.0 Å². The highest BCUT2D eigenvalue weighted by Gasteiger charge is 2.30. The van der Waals surface area contributed by atoms with Crippen LogP contribution in [-0.2, 0) is 6.18 Å². The molecule has 94 valence electrons. The summed E-state index contributed by atoms with van der Waals surface area (Å²) in [6, 6.07) is 4.11. The highest BCUT2D eigenvalue weighted by atomic mass is 19.4. The molecule has 0 unspecified atom stereocenters. The van der Waals surface area contributed by atoms with Gasteiger partial charge in [-0.15, -0.1) is 0 Å². The molecule has 2 aromatic rings. The normalized spacial score (nSPS) is 11.3. The third-order valence-corrected chi connectivity index (χ3v) is 2.10. The van der Waals surface area contributed by atoms with Crippen molar-refractivity contribution in [2.24, 2.45) is 0 Å². The number of benzene rings is 1. The molecule has 5 nitrogen and oxygen atoms in total. The minimum Gasteiger partial charge on any atom is -0.291 e. The Balaban J connectivity index is 2.21. The summed E-state index contributed by atoms with van der Waals surface area (Å²) in [6.45, 7) is 0. The molecule has 0 saturated carbocycles. The summed E-state index contributed by atoms with van der Waals surface area (Å²) in [7, 11) is 0. The number of halogens is 3. The van der Waals surface area contributed by atoms with Crippen LogP contribution in [0, 0.1) is 0 Å². The lowest BCUT2D eigenvalue weighted by Gasteiger charge is -2.08. The third-order valence-electron chi connectivity index (χ3n) is 2.10. The van der Waals surface area contributed by atoms with Gasteiger partial charge in [-0.05, 0) is 18.2 Å². The van der Waals surface area contributed by atoms with Crippen LogP contribution >= 0.6 is 0 Å². The van der Waals surface area contributed by atoms with E-state index in [2.05, 4.69) is 20.5 Å². The average molecular weight is 256 g/mol. The Morgan fingerprint density at radius 3 is 2.72 bits per heavy atom. The first-order valence-electron chi connectivity index (χ1n) is 4.81. The van der Waals surface area contributed by atoms with Crippen molar-refractivity contribution in [2.75, 3.05) is 5.32 Å². The van der Waals surface area contributed by atoms with Crippen LogP contribution in [0.2, 0.25) is 0 Å². The van der Waals surface area contributed by atoms with Crippen molar-refractivity contribution in [3.05, 3.63) is 41.7 Å². The molecule has 2 rings (SSSR count). The number of aromatic amines is 1. The molecule has 2 N–H and O–H groups in total. The lowest BCUT2D eigenvalue weighted by Crippen LogP contribution is -2.14. The Morgan fingerprint density at radius 2 is 2.11 bits per heavy atom. The maximum Gasteiger partial charge on any atom is 0.416 e. The lowest BCUT2D eigenvalue weighted by molar-refractivity contribution is -0.137. The molecule has 1 aromatic heterocycles. The fourth-order valence-corrected chi connectivity index (χ4v) is 1.28. The summed E-state index contributed by atoms with van der Waals surface area (Å²) in [5, 5.41) is 8.14. The molecule has 0 saturated heterocycles. The number of anilines is 1. The molecule has 0 aliphatic rings. The van der Waals surface area contributed by atoms with Gasteiger partial charge in [0.2, 0.25) is 5.95 Å². The standard InChI is InChI=1S/C10H7F3N4O/c11-10(12,13)7-3-1-2-6(4-7)8(18)16-9-14-5-15-17-9/h1-5H,(H2,14,15,16,17,18). The van der Waals surface area contributed by atoms with Crippen molar-refractivity contribution in [1.82, 2.24) is 15.2 Å². The topological polar surface area (TPSA) is 70.7 Å². The van der Waals surface area contributed by atoms with Crippen molar-refractivity contribution in [2.45, 2.75) is 6.18 Å². The van der Waals surface area contributed by atoms with E-state index >= 15 is 0 Å². The number of rotatable bonds is 2. The molecule has 0 aliphatic heterocycles. The van der Waals surface area contributed by atoms with E-state index in [0.29, 0.717) is 0 Å². The largest absolute Gasteiger partial charge is 0.416 e. The van der Waals surface area contributed by atoms with Gasteiger partial charge < -0.3 is 0 Å². The van der Waals surface area contributed by atoms with Crippen LogP contribution in [0.15, 0.2) is 30.6 Å². The van der Waals surface area contributed by atoms with Crippen LogP contribution < -0.4 is 5.32 Å². The van der Waals surface area contributed by atoms with Crippen molar-refractivity contribution in [3.8, 4) is 0 Å². The molecule has 1 aromatic carbocycles. The van der Waals surface area contributed by atoms with E-state index in [1.807, 2.05) is 0 Å². The summed E-state index contributed by atoms with van der Waals surface area (Å²) in [5.41, 5.74) is -0.992. The molecule has 18 heavy (non-hydrogen) atoms. The number of nitrogens with one attached hydrogen (secondary N) is 2. The van der Waals surface area contributed by atoms with Crippen LogP contribution in [0.25, 0.3) is 0 Å². The molecule has 1 heterocycles. The van der Waals surface area contributed by atoms with Crippen molar-refractivity contribution >= 4 is 11.9 Å². The number of alkyl halides is 3. The Labute approximate surface area is 99.0 Å². The molecule has 0 spiro atoms. The summed E-state index contributed by atoms with van der Waals surface area (Å²) in [4.78, 5) is 15.3. The van der Waals surface area contributed by atoms with Gasteiger partial charge in [0.1, 0.15) is 6.33 Å². The van der Waals surface area contributed by atoms with Crippen LogP contribution in [0.1, 0.15) is 15.9 Å². The number of carbonyl (C=O) groups excluding carboxylic acids is 1. The number of hydrogen-bond acceptors (Lipinski definition) is 3. The molecule has 0 radical (unpaired) electrons. The highest BCUT2D eigenvalue weighted by molar-refractivity contribution is 6.03. The maximum absolute atomic E-state index is 12.4. The van der Waals surface area contributed by atoms with Gasteiger partial charge in [-0.1, -0.05) is 6.07 Å². The molecule has 0 atom stereocenters. The Morgan fingerprint density at radius 1 is 1.33 bits per heavy atom. The summed E-state index contributed by atoms with van der Waals surface area (Å²) >= 11 is 0. The SMILES string of the molecule is O=C(Nc1ncn[nH]1)c1cccc(C(F)(F)F)c1. The Hall–Kier alpha value is -2.38. The molecule has 1 amide bonds. The summed E-state index contributed by atoms with van der Waals surface area (Å²) in [6.07, 6.45) is -3.32. The van der Waals surface area contributed by atoms with Gasteiger partial charge >= 0.3 is 6.18 Å². The van der Waals surface area contributed by atoms with E-state index in [-0.39, 0.29) is 11.5 Å². The number of carbonyl (C=O) groups is 1. The van der Waals surface area contributed by atoms with Gasteiger partial charge in [-0.25, -0.2) is 5.10 Å². The van der Waals surface area contributed by atoms with Gasteiger partial charge in [-0.3, -0.25) is 10.1 Å². The zero-order valence-corrected chi connectivity index (χ0v) is 8.82.